The number of carbonyl (C=O) groups excluding carboxylic acids is 1. The lowest BCUT2D eigenvalue weighted by atomic mass is 10.2. The number of hydrogen-bond donors (Lipinski definition) is 1. The lowest BCUT2D eigenvalue weighted by Crippen LogP contribution is -2.37. The molecule has 0 aliphatic carbocycles. The number of nitrogens with zero attached hydrogens (tertiary/aromatic N) is 1. The van der Waals surface area contributed by atoms with Crippen molar-refractivity contribution in [2.75, 3.05) is 29.5 Å². The molecule has 0 bridgehead atoms. The van der Waals surface area contributed by atoms with E-state index < -0.39 is 39.2 Å². The number of anilines is 2. The number of carbonyl (C=O) groups is 1. The van der Waals surface area contributed by atoms with Gasteiger partial charge in [0.25, 0.3) is 0 Å². The van der Waals surface area contributed by atoms with E-state index in [4.69, 9.17) is 16.3 Å². The minimum absolute atomic E-state index is 0.330. The predicted octanol–water partition coefficient (Wildman–Crippen LogP) is 3.77. The fourth-order valence-corrected chi connectivity index (χ4v) is 3.36. The van der Waals surface area contributed by atoms with Crippen LogP contribution >= 0.6 is 11.6 Å². The molecule has 0 radical (unpaired) electrons. The second kappa shape index (κ2) is 8.27. The largest absolute Gasteiger partial charge is 0.497 e. The Morgan fingerprint density at radius 1 is 1.18 bits per heavy atom. The Kier molecular flexibility index (Phi) is 6.45. The lowest BCUT2D eigenvalue weighted by molar-refractivity contribution is -0.137. The van der Waals surface area contributed by atoms with Gasteiger partial charge in [-0.05, 0) is 42.5 Å². The van der Waals surface area contributed by atoms with Gasteiger partial charge in [0.2, 0.25) is 15.9 Å². The minimum atomic E-state index is -4.78. The number of benzene rings is 2. The van der Waals surface area contributed by atoms with Crippen LogP contribution in [0.1, 0.15) is 5.56 Å². The van der Waals surface area contributed by atoms with E-state index in [0.29, 0.717) is 21.8 Å². The highest BCUT2D eigenvalue weighted by atomic mass is 35.5. The van der Waals surface area contributed by atoms with Crippen molar-refractivity contribution in [2.45, 2.75) is 6.18 Å². The molecule has 0 aliphatic rings. The van der Waals surface area contributed by atoms with Crippen molar-refractivity contribution in [2.24, 2.45) is 0 Å². The number of halogens is 4. The third kappa shape index (κ3) is 5.52. The zero-order chi connectivity index (χ0) is 21.1. The summed E-state index contributed by atoms with van der Waals surface area (Å²) in [6.07, 6.45) is -3.99. The molecular weight excluding hydrogens is 421 g/mol. The van der Waals surface area contributed by atoms with Crippen molar-refractivity contribution in [3.8, 4) is 5.75 Å². The van der Waals surface area contributed by atoms with Crippen molar-refractivity contribution >= 4 is 38.9 Å². The van der Waals surface area contributed by atoms with Crippen LogP contribution in [0.25, 0.3) is 0 Å². The minimum Gasteiger partial charge on any atom is -0.497 e. The van der Waals surface area contributed by atoms with Gasteiger partial charge in [-0.2, -0.15) is 13.2 Å². The summed E-state index contributed by atoms with van der Waals surface area (Å²) < 4.78 is 68.9. The molecule has 0 saturated carbocycles. The number of methoxy groups -OCH3 is 1. The maximum atomic E-state index is 13.1. The molecule has 0 aromatic heterocycles. The van der Waals surface area contributed by atoms with Crippen molar-refractivity contribution in [1.82, 2.24) is 0 Å². The number of hydrogen-bond acceptors (Lipinski definition) is 4. The molecule has 0 saturated heterocycles. The number of rotatable bonds is 6. The Morgan fingerprint density at radius 2 is 1.79 bits per heavy atom. The first-order valence-corrected chi connectivity index (χ1v) is 9.93. The van der Waals surface area contributed by atoms with Crippen LogP contribution in [-0.4, -0.2) is 34.2 Å². The van der Waals surface area contributed by atoms with E-state index in [-0.39, 0.29) is 5.69 Å². The summed E-state index contributed by atoms with van der Waals surface area (Å²) in [6.45, 7) is -0.718. The first kappa shape index (κ1) is 21.8. The standard InChI is InChI=1S/C17H16ClF3N2O4S/c1-27-13-6-3-11(4-7-13)22-16(24)10-23(28(2,25)26)12-5-8-15(18)14(9-12)17(19,20)21/h3-9H,10H2,1-2H3,(H,22,24). The third-order valence-corrected chi connectivity index (χ3v) is 5.07. The average molecular weight is 437 g/mol. The quantitative estimate of drug-likeness (QED) is 0.748. The number of ether oxygens (including phenoxy) is 1. The monoisotopic (exact) mass is 436 g/mol. The summed E-state index contributed by atoms with van der Waals surface area (Å²) in [5, 5.41) is 1.90. The van der Waals surface area contributed by atoms with Crippen molar-refractivity contribution < 1.29 is 31.1 Å². The Labute approximate surface area is 164 Å². The van der Waals surface area contributed by atoms with Gasteiger partial charge in [-0.15, -0.1) is 0 Å². The van der Waals surface area contributed by atoms with Crippen LogP contribution in [0.15, 0.2) is 42.5 Å². The normalized spacial score (nSPS) is 11.8. The Bertz CT molecular complexity index is 963. The molecule has 28 heavy (non-hydrogen) atoms. The molecule has 6 nitrogen and oxygen atoms in total. The van der Waals surface area contributed by atoms with Crippen LogP contribution in [-0.2, 0) is 21.0 Å². The summed E-state index contributed by atoms with van der Waals surface area (Å²) in [5.41, 5.74) is -1.16. The highest BCUT2D eigenvalue weighted by Crippen LogP contribution is 2.37. The van der Waals surface area contributed by atoms with E-state index >= 15 is 0 Å². The molecule has 0 atom stereocenters. The summed E-state index contributed by atoms with van der Waals surface area (Å²) in [6, 6.07) is 8.84. The van der Waals surface area contributed by atoms with E-state index in [9.17, 15) is 26.4 Å². The molecule has 0 unspecified atom stereocenters. The smallest absolute Gasteiger partial charge is 0.417 e. The molecule has 2 aromatic carbocycles. The molecule has 2 rings (SSSR count). The fraction of sp³-hybridized carbons (Fsp3) is 0.235. The SMILES string of the molecule is COc1ccc(NC(=O)CN(c2ccc(Cl)c(C(F)(F)F)c2)S(C)(=O)=O)cc1. The summed E-state index contributed by atoms with van der Waals surface area (Å²) >= 11 is 5.56. The van der Waals surface area contributed by atoms with Gasteiger partial charge in [0.1, 0.15) is 12.3 Å². The van der Waals surface area contributed by atoms with Crippen LogP contribution in [0.4, 0.5) is 24.5 Å². The molecule has 0 fully saturated rings. The Hall–Kier alpha value is -2.46. The van der Waals surface area contributed by atoms with Crippen LogP contribution in [0.5, 0.6) is 5.75 Å². The molecule has 1 amide bonds. The first-order valence-electron chi connectivity index (χ1n) is 7.70. The Morgan fingerprint density at radius 3 is 2.29 bits per heavy atom. The highest BCUT2D eigenvalue weighted by Gasteiger charge is 2.34. The maximum absolute atomic E-state index is 13.1. The molecule has 11 heteroatoms. The number of alkyl halides is 3. The topological polar surface area (TPSA) is 75.7 Å². The first-order chi connectivity index (χ1) is 12.9. The van der Waals surface area contributed by atoms with Gasteiger partial charge in [-0.25, -0.2) is 8.42 Å². The van der Waals surface area contributed by atoms with Crippen LogP contribution in [0.3, 0.4) is 0 Å². The second-order valence-electron chi connectivity index (χ2n) is 5.71. The van der Waals surface area contributed by atoms with Gasteiger partial charge in [0.05, 0.1) is 29.6 Å². The van der Waals surface area contributed by atoms with Crippen molar-refractivity contribution in [3.63, 3.8) is 0 Å². The van der Waals surface area contributed by atoms with Crippen LogP contribution < -0.4 is 14.4 Å². The van der Waals surface area contributed by atoms with E-state index in [1.165, 1.54) is 19.2 Å². The fourth-order valence-electron chi connectivity index (χ4n) is 2.29. The van der Waals surface area contributed by atoms with E-state index in [1.807, 2.05) is 0 Å². The molecule has 0 spiro atoms. The number of amides is 1. The van der Waals surface area contributed by atoms with Gasteiger partial charge in [-0.1, -0.05) is 11.6 Å². The van der Waals surface area contributed by atoms with Gasteiger partial charge >= 0.3 is 6.18 Å². The number of nitrogens with one attached hydrogen (secondary N) is 1. The van der Waals surface area contributed by atoms with Gasteiger partial charge in [-0.3, -0.25) is 9.10 Å². The van der Waals surface area contributed by atoms with E-state index in [1.54, 1.807) is 12.1 Å². The summed E-state index contributed by atoms with van der Waals surface area (Å²) in [4.78, 5) is 12.2. The Balaban J connectivity index is 2.28. The van der Waals surface area contributed by atoms with E-state index in [2.05, 4.69) is 5.32 Å². The number of sulfonamides is 1. The molecule has 1 N–H and O–H groups in total. The van der Waals surface area contributed by atoms with Crippen LogP contribution in [0.2, 0.25) is 5.02 Å². The molecule has 152 valence electrons. The third-order valence-electron chi connectivity index (χ3n) is 3.60. The second-order valence-corrected chi connectivity index (χ2v) is 8.02. The molecular formula is C17H16ClF3N2O4S. The summed E-state index contributed by atoms with van der Waals surface area (Å²) in [5.74, 6) is -0.185. The zero-order valence-corrected chi connectivity index (χ0v) is 16.3. The van der Waals surface area contributed by atoms with E-state index in [0.717, 1.165) is 18.4 Å². The predicted molar refractivity (Wildman–Crippen MR) is 100 cm³/mol. The van der Waals surface area contributed by atoms with Gasteiger partial charge in [0, 0.05) is 5.69 Å². The molecule has 0 heterocycles. The lowest BCUT2D eigenvalue weighted by Gasteiger charge is -2.23. The van der Waals surface area contributed by atoms with Crippen molar-refractivity contribution in [3.05, 3.63) is 53.1 Å². The van der Waals surface area contributed by atoms with Crippen LogP contribution in [0, 0.1) is 0 Å². The van der Waals surface area contributed by atoms with Gasteiger partial charge in [0.15, 0.2) is 0 Å². The van der Waals surface area contributed by atoms with Gasteiger partial charge < -0.3 is 10.1 Å². The summed E-state index contributed by atoms with van der Waals surface area (Å²) in [7, 11) is -2.58. The molecule has 2 aromatic rings. The maximum Gasteiger partial charge on any atom is 0.417 e. The average Bonchev–Trinajstić information content (AvgIpc) is 2.59. The highest BCUT2D eigenvalue weighted by molar-refractivity contribution is 7.92. The van der Waals surface area contributed by atoms with Crippen molar-refractivity contribution in [1.29, 1.82) is 0 Å². The molecule has 0 aliphatic heterocycles. The zero-order valence-electron chi connectivity index (χ0n) is 14.7.